The Labute approximate surface area is 260 Å². The van der Waals surface area contributed by atoms with Crippen molar-refractivity contribution < 1.29 is 73.7 Å². The Morgan fingerprint density at radius 1 is 0.500 bits per heavy atom. The van der Waals surface area contributed by atoms with Crippen LogP contribution in [0.3, 0.4) is 0 Å². The molecule has 0 amide bonds. The number of carboxylic acid groups (broad SMARTS) is 4. The van der Waals surface area contributed by atoms with Crippen LogP contribution in [0.4, 0.5) is 0 Å². The number of carboxylic acids is 4. The van der Waals surface area contributed by atoms with Gasteiger partial charge in [-0.3, -0.25) is 9.80 Å². The van der Waals surface area contributed by atoms with Gasteiger partial charge in [-0.25, -0.2) is 0 Å². The molecule has 0 aromatic rings. The SMILES string of the molecule is O=C([O-])CN(CCN(CC(=O)[O-])CC(=O)[O-])CC(=O)[O-].[Cu+2].[Cu+2].[NaH].[NaH].[NaH].[NaH]. The van der Waals surface area contributed by atoms with Crippen LogP contribution in [0.2, 0.25) is 0 Å². The number of nitrogens with zero attached hydrogens (tertiary/aromatic N) is 2. The third-order valence-electron chi connectivity index (χ3n) is 2.14. The maximum atomic E-state index is 10.4. The number of carbonyl (C=O) groups excluding carboxylic acids is 4. The second kappa shape index (κ2) is 27.8. The van der Waals surface area contributed by atoms with Crippen LogP contribution in [0.25, 0.3) is 0 Å². The molecule has 0 unspecified atom stereocenters. The summed E-state index contributed by atoms with van der Waals surface area (Å²) in [5.41, 5.74) is 0. The van der Waals surface area contributed by atoms with Crippen molar-refractivity contribution in [3.63, 3.8) is 0 Å². The zero-order valence-corrected chi connectivity index (χ0v) is 12.9. The first-order chi connectivity index (χ1) is 9.20. The van der Waals surface area contributed by atoms with Gasteiger partial charge in [0.2, 0.25) is 0 Å². The van der Waals surface area contributed by atoms with Gasteiger partial charge in [-0.15, -0.1) is 0 Å². The van der Waals surface area contributed by atoms with Crippen molar-refractivity contribution in [3.8, 4) is 0 Å². The Kier molecular flexibility index (Phi) is 50.2. The molecule has 0 rings (SSSR count). The van der Waals surface area contributed by atoms with E-state index >= 15 is 0 Å². The Morgan fingerprint density at radius 2 is 0.654 bits per heavy atom. The zero-order chi connectivity index (χ0) is 15.7. The number of rotatable bonds is 11. The molecule has 2 radical (unpaired) electrons. The van der Waals surface area contributed by atoms with E-state index in [2.05, 4.69) is 0 Å². The van der Waals surface area contributed by atoms with Gasteiger partial charge in [0.15, 0.2) is 0 Å². The monoisotopic (exact) mass is 510 g/mol. The molecule has 0 saturated carbocycles. The number of hydrogen-bond donors (Lipinski definition) is 0. The van der Waals surface area contributed by atoms with Crippen molar-refractivity contribution in [2.75, 3.05) is 39.3 Å². The molecular formula is C10H16Cu2N2Na4O8. The molecule has 0 aromatic carbocycles. The summed E-state index contributed by atoms with van der Waals surface area (Å²) in [6, 6.07) is 0. The van der Waals surface area contributed by atoms with Crippen LogP contribution in [0.5, 0.6) is 0 Å². The van der Waals surface area contributed by atoms with E-state index in [-0.39, 0.29) is 165 Å². The second-order valence-corrected chi connectivity index (χ2v) is 3.91. The average molecular weight is 511 g/mol. The minimum atomic E-state index is -1.53. The molecule has 0 heterocycles. The van der Waals surface area contributed by atoms with Gasteiger partial charge in [0.25, 0.3) is 0 Å². The molecule has 0 aliphatic rings. The summed E-state index contributed by atoms with van der Waals surface area (Å²) >= 11 is 0. The van der Waals surface area contributed by atoms with Gasteiger partial charge in [0, 0.05) is 39.3 Å². The Hall–Kier alpha value is 2.84. The molecule has 140 valence electrons. The van der Waals surface area contributed by atoms with Crippen molar-refractivity contribution in [2.45, 2.75) is 0 Å². The Morgan fingerprint density at radius 3 is 0.769 bits per heavy atom. The average Bonchev–Trinajstić information content (AvgIpc) is 2.22. The molecule has 0 saturated heterocycles. The predicted molar refractivity (Wildman–Crippen MR) is 81.5 cm³/mol. The van der Waals surface area contributed by atoms with Crippen molar-refractivity contribution in [1.82, 2.24) is 9.80 Å². The molecule has 0 fully saturated rings. The molecule has 0 N–H and O–H groups in total. The normalized spacial score (nSPS) is 8.23. The fourth-order valence-electron chi connectivity index (χ4n) is 1.44. The molecule has 26 heavy (non-hydrogen) atoms. The van der Waals surface area contributed by atoms with E-state index in [1.54, 1.807) is 0 Å². The third kappa shape index (κ3) is 31.5. The molecule has 0 spiro atoms. The summed E-state index contributed by atoms with van der Waals surface area (Å²) in [5.74, 6) is -6.12. The van der Waals surface area contributed by atoms with Gasteiger partial charge in [-0.1, -0.05) is 0 Å². The zero-order valence-electron chi connectivity index (χ0n) is 11.0. The van der Waals surface area contributed by atoms with Crippen molar-refractivity contribution in [3.05, 3.63) is 0 Å². The van der Waals surface area contributed by atoms with Crippen LogP contribution < -0.4 is 20.4 Å². The van der Waals surface area contributed by atoms with Crippen LogP contribution in [0.1, 0.15) is 0 Å². The van der Waals surface area contributed by atoms with Crippen LogP contribution in [0, 0.1) is 0 Å². The van der Waals surface area contributed by atoms with E-state index < -0.39 is 50.1 Å². The molecule has 0 aliphatic heterocycles. The molecule has 10 nitrogen and oxygen atoms in total. The van der Waals surface area contributed by atoms with Gasteiger partial charge in [0.05, 0.1) is 23.9 Å². The number of carbonyl (C=O) groups is 4. The van der Waals surface area contributed by atoms with Gasteiger partial charge < -0.3 is 39.6 Å². The van der Waals surface area contributed by atoms with Gasteiger partial charge >= 0.3 is 152 Å². The third-order valence-corrected chi connectivity index (χ3v) is 2.14. The van der Waals surface area contributed by atoms with Gasteiger partial charge in [0.1, 0.15) is 0 Å². The standard InChI is InChI=1S/C10H16N2O8.2Cu.4Na.4H/c13-7(14)3-11(4-8(15)16)1-2-12(5-9(17)18)6-10(19)20;;;;;;;;;;/h1-6H2,(H,13,14)(H,15,16)(H,17,18)(H,19,20);;;;;;;;;;/q;2*+2;;;;;;;;/p-4. The quantitative estimate of drug-likeness (QED) is 0.243. The fraction of sp³-hybridized carbons (Fsp3) is 0.600. The first-order valence-corrected chi connectivity index (χ1v) is 5.44. The minimum absolute atomic E-state index is 0. The number of hydrogen-bond acceptors (Lipinski definition) is 10. The summed E-state index contributed by atoms with van der Waals surface area (Å²) in [4.78, 5) is 43.4. The maximum absolute atomic E-state index is 10.4. The van der Waals surface area contributed by atoms with Crippen molar-refractivity contribution >= 4 is 142 Å². The molecule has 0 bridgehead atoms. The second-order valence-electron chi connectivity index (χ2n) is 3.91. The predicted octanol–water partition coefficient (Wildman–Crippen LogP) is -10.0. The molecular weight excluding hydrogens is 495 g/mol. The first kappa shape index (κ1) is 46.9. The molecule has 16 heteroatoms. The summed E-state index contributed by atoms with van der Waals surface area (Å²) in [6.07, 6.45) is 0. The van der Waals surface area contributed by atoms with Crippen LogP contribution >= 0.6 is 0 Å². The van der Waals surface area contributed by atoms with Crippen LogP contribution in [-0.4, -0.2) is 191 Å². The van der Waals surface area contributed by atoms with Crippen molar-refractivity contribution in [1.29, 1.82) is 0 Å². The summed E-state index contributed by atoms with van der Waals surface area (Å²) in [6.45, 7) is -3.25. The topological polar surface area (TPSA) is 167 Å². The van der Waals surface area contributed by atoms with Gasteiger partial charge in [-0.2, -0.15) is 0 Å². The van der Waals surface area contributed by atoms with E-state index in [9.17, 15) is 39.6 Å². The Balaban J connectivity index is -0.000000120. The molecule has 0 aliphatic carbocycles. The molecule has 0 atom stereocenters. The van der Waals surface area contributed by atoms with E-state index in [0.29, 0.717) is 0 Å². The van der Waals surface area contributed by atoms with Gasteiger partial charge in [-0.05, 0) is 0 Å². The van der Waals surface area contributed by atoms with Crippen LogP contribution in [0.15, 0.2) is 0 Å². The summed E-state index contributed by atoms with van der Waals surface area (Å²) in [7, 11) is 0. The Bertz CT molecular complexity index is 341. The summed E-state index contributed by atoms with van der Waals surface area (Å²) in [5, 5.41) is 41.6. The number of aliphatic carboxylic acids is 4. The van der Waals surface area contributed by atoms with E-state index in [0.717, 1.165) is 9.80 Å². The summed E-state index contributed by atoms with van der Waals surface area (Å²) < 4.78 is 0. The van der Waals surface area contributed by atoms with E-state index in [1.807, 2.05) is 0 Å². The fourth-order valence-corrected chi connectivity index (χ4v) is 1.44. The first-order valence-electron chi connectivity index (χ1n) is 5.44. The van der Waals surface area contributed by atoms with Crippen LogP contribution in [-0.2, 0) is 53.3 Å². The van der Waals surface area contributed by atoms with E-state index in [1.165, 1.54) is 0 Å². The molecule has 0 aromatic heterocycles. The van der Waals surface area contributed by atoms with Crippen molar-refractivity contribution in [2.24, 2.45) is 0 Å². The van der Waals surface area contributed by atoms with E-state index in [4.69, 9.17) is 0 Å².